The van der Waals surface area contributed by atoms with Gasteiger partial charge in [-0.2, -0.15) is 0 Å². The molecule has 110 valence electrons. The number of hydrogen-bond acceptors (Lipinski definition) is 3. The number of rotatable bonds is 3. The van der Waals surface area contributed by atoms with E-state index in [1.807, 2.05) is 11.9 Å². The first-order valence-corrected chi connectivity index (χ1v) is 7.70. The Morgan fingerprint density at radius 3 is 2.37 bits per heavy atom. The van der Waals surface area contributed by atoms with Gasteiger partial charge in [0.05, 0.1) is 5.54 Å². The molecule has 1 aliphatic carbocycles. The lowest BCUT2D eigenvalue weighted by Crippen LogP contribution is -2.59. The molecular weight excluding hydrogens is 240 g/mol. The minimum absolute atomic E-state index is 0.121. The van der Waals surface area contributed by atoms with Crippen LogP contribution in [0.4, 0.5) is 0 Å². The van der Waals surface area contributed by atoms with Gasteiger partial charge < -0.3 is 15.4 Å². The standard InChI is InChI=1S/C15H28N2O2/c1-3-12-4-6-13(7-5-12)17(2)14(18)15(16)8-10-19-11-9-15/h12-13H,3-11,16H2,1-2H3. The summed E-state index contributed by atoms with van der Waals surface area (Å²) in [7, 11) is 1.93. The second kappa shape index (κ2) is 6.23. The van der Waals surface area contributed by atoms with E-state index in [0.29, 0.717) is 32.1 Å². The van der Waals surface area contributed by atoms with Gasteiger partial charge >= 0.3 is 0 Å². The molecule has 1 aliphatic heterocycles. The number of ether oxygens (including phenoxy) is 1. The molecule has 2 aliphatic rings. The summed E-state index contributed by atoms with van der Waals surface area (Å²) >= 11 is 0. The smallest absolute Gasteiger partial charge is 0.242 e. The molecule has 0 bridgehead atoms. The molecule has 4 heteroatoms. The highest BCUT2D eigenvalue weighted by Gasteiger charge is 2.40. The number of nitrogens with two attached hydrogens (primary N) is 1. The Labute approximate surface area is 116 Å². The fraction of sp³-hybridized carbons (Fsp3) is 0.933. The molecule has 1 saturated heterocycles. The Morgan fingerprint density at radius 2 is 1.84 bits per heavy atom. The van der Waals surface area contributed by atoms with E-state index in [4.69, 9.17) is 10.5 Å². The van der Waals surface area contributed by atoms with Crippen LogP contribution in [0.25, 0.3) is 0 Å². The summed E-state index contributed by atoms with van der Waals surface area (Å²) in [6.07, 6.45) is 7.34. The first-order chi connectivity index (χ1) is 9.07. The number of carbonyl (C=O) groups is 1. The molecule has 0 unspecified atom stereocenters. The van der Waals surface area contributed by atoms with Crippen LogP contribution in [0.15, 0.2) is 0 Å². The molecule has 1 heterocycles. The summed E-state index contributed by atoms with van der Waals surface area (Å²) in [5, 5.41) is 0. The van der Waals surface area contributed by atoms with E-state index in [1.54, 1.807) is 0 Å². The van der Waals surface area contributed by atoms with Crippen molar-refractivity contribution in [3.63, 3.8) is 0 Å². The van der Waals surface area contributed by atoms with E-state index in [1.165, 1.54) is 19.3 Å². The van der Waals surface area contributed by atoms with Crippen molar-refractivity contribution in [3.8, 4) is 0 Å². The van der Waals surface area contributed by atoms with E-state index in [-0.39, 0.29) is 5.91 Å². The number of amides is 1. The van der Waals surface area contributed by atoms with Crippen LogP contribution in [0.5, 0.6) is 0 Å². The maximum atomic E-state index is 12.6. The van der Waals surface area contributed by atoms with Gasteiger partial charge in [-0.25, -0.2) is 0 Å². The molecule has 0 aromatic rings. The van der Waals surface area contributed by atoms with Crippen LogP contribution in [-0.4, -0.2) is 42.6 Å². The molecule has 2 N–H and O–H groups in total. The first-order valence-electron chi connectivity index (χ1n) is 7.70. The van der Waals surface area contributed by atoms with E-state index < -0.39 is 5.54 Å². The third kappa shape index (κ3) is 3.29. The molecule has 1 amide bonds. The highest BCUT2D eigenvalue weighted by Crippen LogP contribution is 2.30. The number of nitrogens with zero attached hydrogens (tertiary/aromatic N) is 1. The minimum Gasteiger partial charge on any atom is -0.381 e. The average molecular weight is 268 g/mol. The molecule has 0 aromatic carbocycles. The van der Waals surface area contributed by atoms with Crippen LogP contribution in [0, 0.1) is 5.92 Å². The Balaban J connectivity index is 1.92. The van der Waals surface area contributed by atoms with Crippen LogP contribution in [-0.2, 0) is 9.53 Å². The van der Waals surface area contributed by atoms with E-state index in [2.05, 4.69) is 6.92 Å². The number of carbonyl (C=O) groups excluding carboxylic acids is 1. The monoisotopic (exact) mass is 268 g/mol. The average Bonchev–Trinajstić information content (AvgIpc) is 2.46. The largest absolute Gasteiger partial charge is 0.381 e. The molecule has 19 heavy (non-hydrogen) atoms. The van der Waals surface area contributed by atoms with Gasteiger partial charge in [-0.3, -0.25) is 4.79 Å². The summed E-state index contributed by atoms with van der Waals surface area (Å²) in [4.78, 5) is 14.5. The molecule has 0 radical (unpaired) electrons. The Kier molecular flexibility index (Phi) is 4.85. The molecular formula is C15H28N2O2. The third-order valence-electron chi connectivity index (χ3n) is 5.07. The SMILES string of the molecule is CCC1CCC(N(C)C(=O)C2(N)CCOCC2)CC1. The zero-order chi connectivity index (χ0) is 13.9. The van der Waals surface area contributed by atoms with Gasteiger partial charge in [0.1, 0.15) is 0 Å². The van der Waals surface area contributed by atoms with Crippen LogP contribution >= 0.6 is 0 Å². The fourth-order valence-electron chi connectivity index (χ4n) is 3.41. The lowest BCUT2D eigenvalue weighted by Gasteiger charge is -2.40. The van der Waals surface area contributed by atoms with Crippen molar-refractivity contribution in [3.05, 3.63) is 0 Å². The Bertz CT molecular complexity index is 305. The van der Waals surface area contributed by atoms with Gasteiger partial charge in [0.25, 0.3) is 0 Å². The van der Waals surface area contributed by atoms with Crippen molar-refractivity contribution in [2.45, 2.75) is 63.5 Å². The molecule has 0 atom stereocenters. The maximum absolute atomic E-state index is 12.6. The van der Waals surface area contributed by atoms with Gasteiger partial charge in [-0.05, 0) is 44.4 Å². The topological polar surface area (TPSA) is 55.6 Å². The molecule has 0 aromatic heterocycles. The van der Waals surface area contributed by atoms with E-state index in [9.17, 15) is 4.79 Å². The van der Waals surface area contributed by atoms with Crippen molar-refractivity contribution < 1.29 is 9.53 Å². The van der Waals surface area contributed by atoms with Crippen LogP contribution in [0.3, 0.4) is 0 Å². The minimum atomic E-state index is -0.686. The predicted molar refractivity (Wildman–Crippen MR) is 75.8 cm³/mol. The van der Waals surface area contributed by atoms with Gasteiger partial charge in [-0.15, -0.1) is 0 Å². The number of likely N-dealkylation sites (N-methyl/N-ethyl adjacent to an activating group) is 1. The molecule has 4 nitrogen and oxygen atoms in total. The van der Waals surface area contributed by atoms with Crippen molar-refractivity contribution in [1.82, 2.24) is 4.90 Å². The fourth-order valence-corrected chi connectivity index (χ4v) is 3.41. The van der Waals surface area contributed by atoms with Crippen LogP contribution < -0.4 is 5.73 Å². The van der Waals surface area contributed by atoms with Gasteiger partial charge in [0.2, 0.25) is 5.91 Å². The number of hydrogen-bond donors (Lipinski definition) is 1. The zero-order valence-corrected chi connectivity index (χ0v) is 12.4. The van der Waals surface area contributed by atoms with Gasteiger partial charge in [-0.1, -0.05) is 13.3 Å². The van der Waals surface area contributed by atoms with Gasteiger partial charge in [0.15, 0.2) is 0 Å². The zero-order valence-electron chi connectivity index (χ0n) is 12.4. The van der Waals surface area contributed by atoms with Crippen LogP contribution in [0.2, 0.25) is 0 Å². The first kappa shape index (κ1) is 14.8. The van der Waals surface area contributed by atoms with Gasteiger partial charge in [0, 0.05) is 26.3 Å². The highest BCUT2D eigenvalue weighted by atomic mass is 16.5. The maximum Gasteiger partial charge on any atom is 0.242 e. The quantitative estimate of drug-likeness (QED) is 0.851. The molecule has 2 fully saturated rings. The van der Waals surface area contributed by atoms with E-state index >= 15 is 0 Å². The summed E-state index contributed by atoms with van der Waals surface area (Å²) < 4.78 is 5.32. The summed E-state index contributed by atoms with van der Waals surface area (Å²) in [5.41, 5.74) is 5.61. The lowest BCUT2D eigenvalue weighted by atomic mass is 9.82. The van der Waals surface area contributed by atoms with Crippen molar-refractivity contribution >= 4 is 5.91 Å². The summed E-state index contributed by atoms with van der Waals surface area (Å²) in [6, 6.07) is 0.388. The van der Waals surface area contributed by atoms with E-state index in [0.717, 1.165) is 18.8 Å². The Morgan fingerprint density at radius 1 is 1.26 bits per heavy atom. The second-order valence-electron chi connectivity index (χ2n) is 6.27. The van der Waals surface area contributed by atoms with Crippen molar-refractivity contribution in [2.75, 3.05) is 20.3 Å². The van der Waals surface area contributed by atoms with Crippen LogP contribution in [0.1, 0.15) is 51.9 Å². The third-order valence-corrected chi connectivity index (χ3v) is 5.07. The van der Waals surface area contributed by atoms with Crippen molar-refractivity contribution in [2.24, 2.45) is 11.7 Å². The molecule has 0 spiro atoms. The lowest BCUT2D eigenvalue weighted by molar-refractivity contribution is -0.142. The molecule has 1 saturated carbocycles. The summed E-state index contributed by atoms with van der Waals surface area (Å²) in [6.45, 7) is 3.48. The van der Waals surface area contributed by atoms with Crippen molar-refractivity contribution in [1.29, 1.82) is 0 Å². The second-order valence-corrected chi connectivity index (χ2v) is 6.27. The predicted octanol–water partition coefficient (Wildman–Crippen LogP) is 1.92. The normalized spacial score (nSPS) is 30.9. The Hall–Kier alpha value is -0.610. The highest BCUT2D eigenvalue weighted by molar-refractivity contribution is 5.86. The summed E-state index contributed by atoms with van der Waals surface area (Å²) in [5.74, 6) is 0.977. The molecule has 2 rings (SSSR count).